The highest BCUT2D eigenvalue weighted by Crippen LogP contribution is 2.26. The Morgan fingerprint density at radius 1 is 1.22 bits per heavy atom. The van der Waals surface area contributed by atoms with Crippen molar-refractivity contribution in [2.24, 2.45) is 11.8 Å². The van der Waals surface area contributed by atoms with E-state index in [-0.39, 0.29) is 24.0 Å². The van der Waals surface area contributed by atoms with Crippen LogP contribution in [0.1, 0.15) is 33.1 Å². The largest absolute Gasteiger partial charge is 0.481 e. The maximum absolute atomic E-state index is 12.3. The van der Waals surface area contributed by atoms with Crippen LogP contribution in [0.5, 0.6) is 0 Å². The average Bonchev–Trinajstić information content (AvgIpc) is 2.74. The molecule has 5 nitrogen and oxygen atoms in total. The van der Waals surface area contributed by atoms with Crippen LogP contribution in [0.3, 0.4) is 0 Å². The molecule has 5 heteroatoms. The number of carbonyl (C=O) groups excluding carboxylic acids is 1. The van der Waals surface area contributed by atoms with E-state index in [1.165, 1.54) is 0 Å². The van der Waals surface area contributed by atoms with Gasteiger partial charge in [0.1, 0.15) is 6.10 Å². The van der Waals surface area contributed by atoms with Crippen LogP contribution < -0.4 is 0 Å². The highest BCUT2D eigenvalue weighted by molar-refractivity contribution is 5.82. The number of carboxylic acid groups (broad SMARTS) is 1. The molecule has 2 rings (SSSR count). The zero-order valence-corrected chi connectivity index (χ0v) is 11.0. The number of ether oxygens (including phenoxy) is 1. The van der Waals surface area contributed by atoms with Gasteiger partial charge in [-0.05, 0) is 32.1 Å². The first-order valence-electron chi connectivity index (χ1n) is 6.64. The molecular weight excluding hydrogens is 234 g/mol. The molecule has 0 aromatic carbocycles. The second-order valence-electron chi connectivity index (χ2n) is 5.63. The molecule has 1 N–H and O–H groups in total. The Balaban J connectivity index is 1.99. The molecular formula is C13H21NO4. The summed E-state index contributed by atoms with van der Waals surface area (Å²) in [6.45, 7) is 4.93. The molecule has 0 saturated carbocycles. The fourth-order valence-electron chi connectivity index (χ4n) is 2.90. The molecule has 18 heavy (non-hydrogen) atoms. The van der Waals surface area contributed by atoms with Crippen LogP contribution in [0.25, 0.3) is 0 Å². The number of rotatable bonds is 2. The van der Waals surface area contributed by atoms with Crippen LogP contribution in [0, 0.1) is 11.8 Å². The van der Waals surface area contributed by atoms with Crippen molar-refractivity contribution >= 4 is 11.9 Å². The van der Waals surface area contributed by atoms with Crippen molar-refractivity contribution < 1.29 is 19.4 Å². The summed E-state index contributed by atoms with van der Waals surface area (Å²) in [4.78, 5) is 25.0. The molecule has 2 saturated heterocycles. The Labute approximate surface area is 107 Å². The van der Waals surface area contributed by atoms with Gasteiger partial charge in [-0.1, -0.05) is 6.92 Å². The minimum Gasteiger partial charge on any atom is -0.481 e. The molecule has 0 aromatic rings. The number of nitrogens with zero attached hydrogens (tertiary/aromatic N) is 1. The van der Waals surface area contributed by atoms with Gasteiger partial charge >= 0.3 is 5.97 Å². The minimum atomic E-state index is -0.806. The molecule has 4 atom stereocenters. The SMILES string of the molecule is CC1CC(C(=O)O)CN(C(=O)[C@H]2CC[C@@H](C)O2)C1. The van der Waals surface area contributed by atoms with Gasteiger partial charge in [-0.25, -0.2) is 0 Å². The number of amides is 1. The van der Waals surface area contributed by atoms with Crippen LogP contribution in [-0.4, -0.2) is 47.2 Å². The molecule has 1 amide bonds. The van der Waals surface area contributed by atoms with Gasteiger partial charge in [0.15, 0.2) is 0 Å². The third-order valence-corrected chi connectivity index (χ3v) is 3.83. The smallest absolute Gasteiger partial charge is 0.308 e. The highest BCUT2D eigenvalue weighted by atomic mass is 16.5. The standard InChI is InChI=1S/C13H21NO4/c1-8-5-10(13(16)17)7-14(6-8)12(15)11-4-3-9(2)18-11/h8-11H,3-7H2,1-2H3,(H,16,17)/t8?,9-,10?,11-/m1/s1. The summed E-state index contributed by atoms with van der Waals surface area (Å²) in [7, 11) is 0. The summed E-state index contributed by atoms with van der Waals surface area (Å²) in [5.74, 6) is -1.03. The zero-order chi connectivity index (χ0) is 13.3. The Bertz CT molecular complexity index is 344. The van der Waals surface area contributed by atoms with Crippen LogP contribution in [-0.2, 0) is 14.3 Å². The predicted octanol–water partition coefficient (Wildman–Crippen LogP) is 1.12. The summed E-state index contributed by atoms with van der Waals surface area (Å²) in [5.41, 5.74) is 0. The zero-order valence-electron chi connectivity index (χ0n) is 11.0. The molecule has 2 fully saturated rings. The lowest BCUT2D eigenvalue weighted by atomic mass is 9.90. The number of carbonyl (C=O) groups is 2. The van der Waals surface area contributed by atoms with E-state index in [1.807, 2.05) is 13.8 Å². The average molecular weight is 255 g/mol. The fourth-order valence-corrected chi connectivity index (χ4v) is 2.90. The summed E-state index contributed by atoms with van der Waals surface area (Å²) in [6, 6.07) is 0. The first kappa shape index (κ1) is 13.3. The van der Waals surface area contributed by atoms with Crippen molar-refractivity contribution in [1.82, 2.24) is 4.90 Å². The first-order chi connectivity index (χ1) is 8.47. The van der Waals surface area contributed by atoms with E-state index in [0.29, 0.717) is 19.5 Å². The minimum absolute atomic E-state index is 0.0304. The van der Waals surface area contributed by atoms with Gasteiger partial charge in [0, 0.05) is 13.1 Å². The quantitative estimate of drug-likeness (QED) is 0.803. The van der Waals surface area contributed by atoms with E-state index < -0.39 is 11.9 Å². The number of piperidine rings is 1. The van der Waals surface area contributed by atoms with Crippen molar-refractivity contribution in [3.63, 3.8) is 0 Å². The van der Waals surface area contributed by atoms with Crippen molar-refractivity contribution in [3.05, 3.63) is 0 Å². The molecule has 0 spiro atoms. The molecule has 102 valence electrons. The van der Waals surface area contributed by atoms with Crippen molar-refractivity contribution in [2.75, 3.05) is 13.1 Å². The van der Waals surface area contributed by atoms with Gasteiger partial charge in [-0.3, -0.25) is 9.59 Å². The van der Waals surface area contributed by atoms with Crippen molar-refractivity contribution in [2.45, 2.75) is 45.3 Å². The predicted molar refractivity (Wildman–Crippen MR) is 65.1 cm³/mol. The summed E-state index contributed by atoms with van der Waals surface area (Å²) < 4.78 is 5.57. The van der Waals surface area contributed by atoms with Gasteiger partial charge in [0.05, 0.1) is 12.0 Å². The summed E-state index contributed by atoms with van der Waals surface area (Å²) in [6.07, 6.45) is 2.09. The molecule has 2 heterocycles. The van der Waals surface area contributed by atoms with Crippen LogP contribution in [0.15, 0.2) is 0 Å². The van der Waals surface area contributed by atoms with E-state index in [0.717, 1.165) is 12.8 Å². The summed E-state index contributed by atoms with van der Waals surface area (Å²) in [5, 5.41) is 9.09. The Kier molecular flexibility index (Phi) is 3.90. The third-order valence-electron chi connectivity index (χ3n) is 3.83. The first-order valence-corrected chi connectivity index (χ1v) is 6.64. The van der Waals surface area contributed by atoms with Crippen LogP contribution >= 0.6 is 0 Å². The fraction of sp³-hybridized carbons (Fsp3) is 0.846. The van der Waals surface area contributed by atoms with Crippen molar-refractivity contribution in [3.8, 4) is 0 Å². The van der Waals surface area contributed by atoms with E-state index >= 15 is 0 Å². The maximum atomic E-state index is 12.3. The van der Waals surface area contributed by atoms with Gasteiger partial charge in [0.2, 0.25) is 0 Å². The third kappa shape index (κ3) is 2.83. The van der Waals surface area contributed by atoms with Crippen molar-refractivity contribution in [1.29, 1.82) is 0 Å². The van der Waals surface area contributed by atoms with Crippen LogP contribution in [0.2, 0.25) is 0 Å². The lowest BCUT2D eigenvalue weighted by Gasteiger charge is -2.35. The van der Waals surface area contributed by atoms with Gasteiger partial charge in [0.25, 0.3) is 5.91 Å². The monoisotopic (exact) mass is 255 g/mol. The lowest BCUT2D eigenvalue weighted by molar-refractivity contribution is -0.151. The molecule has 0 aromatic heterocycles. The number of hydrogen-bond acceptors (Lipinski definition) is 3. The molecule has 0 aliphatic carbocycles. The number of carboxylic acids is 1. The van der Waals surface area contributed by atoms with E-state index in [2.05, 4.69) is 0 Å². The number of aliphatic carboxylic acids is 1. The van der Waals surface area contributed by atoms with Gasteiger partial charge < -0.3 is 14.7 Å². The van der Waals surface area contributed by atoms with E-state index in [9.17, 15) is 9.59 Å². The molecule has 2 aliphatic rings. The van der Waals surface area contributed by atoms with Gasteiger partial charge in [-0.2, -0.15) is 0 Å². The topological polar surface area (TPSA) is 66.8 Å². The Hall–Kier alpha value is -1.10. The molecule has 0 bridgehead atoms. The normalized spacial score (nSPS) is 36.7. The molecule has 2 unspecified atom stereocenters. The summed E-state index contributed by atoms with van der Waals surface area (Å²) >= 11 is 0. The number of hydrogen-bond donors (Lipinski definition) is 1. The van der Waals surface area contributed by atoms with E-state index in [1.54, 1.807) is 4.90 Å². The molecule has 2 aliphatic heterocycles. The highest BCUT2D eigenvalue weighted by Gasteiger charge is 2.37. The Morgan fingerprint density at radius 2 is 1.94 bits per heavy atom. The second kappa shape index (κ2) is 5.26. The lowest BCUT2D eigenvalue weighted by Crippen LogP contribution is -2.49. The maximum Gasteiger partial charge on any atom is 0.308 e. The number of likely N-dealkylation sites (tertiary alicyclic amines) is 1. The van der Waals surface area contributed by atoms with Crippen LogP contribution in [0.4, 0.5) is 0 Å². The molecule has 0 radical (unpaired) electrons. The Morgan fingerprint density at radius 3 is 2.50 bits per heavy atom. The second-order valence-corrected chi connectivity index (χ2v) is 5.63. The van der Waals surface area contributed by atoms with E-state index in [4.69, 9.17) is 9.84 Å². The van der Waals surface area contributed by atoms with Gasteiger partial charge in [-0.15, -0.1) is 0 Å².